The first-order chi connectivity index (χ1) is 14.4. The van der Waals surface area contributed by atoms with Crippen LogP contribution >= 0.6 is 0 Å². The predicted molar refractivity (Wildman–Crippen MR) is 108 cm³/mol. The lowest BCUT2D eigenvalue weighted by Crippen LogP contribution is -2.50. The number of nitrogens with zero attached hydrogens (tertiary/aromatic N) is 4. The van der Waals surface area contributed by atoms with Crippen molar-refractivity contribution in [3.8, 4) is 5.75 Å². The third kappa shape index (κ3) is 4.24. The molecule has 30 heavy (non-hydrogen) atoms. The summed E-state index contributed by atoms with van der Waals surface area (Å²) in [5.74, 6) is 1.02. The van der Waals surface area contributed by atoms with Crippen LogP contribution in [0.4, 0.5) is 14.7 Å². The van der Waals surface area contributed by atoms with Crippen molar-refractivity contribution in [3.05, 3.63) is 36.2 Å². The van der Waals surface area contributed by atoms with Crippen LogP contribution in [0, 0.1) is 12.8 Å². The summed E-state index contributed by atoms with van der Waals surface area (Å²) in [6, 6.07) is 6.41. The zero-order valence-electron chi connectivity index (χ0n) is 17.2. The highest BCUT2D eigenvalue weighted by atomic mass is 19.3. The number of carbonyl (C=O) groups is 1. The van der Waals surface area contributed by atoms with E-state index in [1.54, 1.807) is 11.8 Å². The molecule has 1 aromatic carbocycles. The van der Waals surface area contributed by atoms with E-state index in [0.29, 0.717) is 24.8 Å². The molecule has 2 aliphatic rings. The summed E-state index contributed by atoms with van der Waals surface area (Å²) in [6.45, 7) is 4.91. The van der Waals surface area contributed by atoms with E-state index in [-0.39, 0.29) is 24.3 Å². The standard InChI is InChI=1S/C21H27F2N5O2/c1-13-5-7-16(8-6-13)30-14(2)20(29)27-9-3-4-15(11-27)17-10-18(19(22)23)28-21(26-17)24-12-25-28/h5-8,12,14-15,17-19H,3-4,9-11H2,1-2H3,(H,24,25,26)/t14?,15?,17-,18+/m0/s1. The number of halogens is 2. The van der Waals surface area contributed by atoms with Crippen LogP contribution in [-0.2, 0) is 4.79 Å². The normalized spacial score (nSPS) is 24.8. The molecule has 7 nitrogen and oxygen atoms in total. The SMILES string of the molecule is Cc1ccc(OC(C)C(=O)N2CCCC([C@@H]3C[C@H](C(F)F)n4ncnc4N3)C2)cc1. The highest BCUT2D eigenvalue weighted by Crippen LogP contribution is 2.35. The maximum atomic E-state index is 13.6. The number of amides is 1. The summed E-state index contributed by atoms with van der Waals surface area (Å²) in [6.07, 6.45) is 0.134. The molecule has 1 amide bonds. The van der Waals surface area contributed by atoms with E-state index in [4.69, 9.17) is 4.74 Å². The molecule has 162 valence electrons. The van der Waals surface area contributed by atoms with Crippen molar-refractivity contribution in [1.82, 2.24) is 19.7 Å². The average molecular weight is 419 g/mol. The van der Waals surface area contributed by atoms with Crippen LogP contribution in [0.2, 0.25) is 0 Å². The smallest absolute Gasteiger partial charge is 0.263 e. The molecule has 0 aliphatic carbocycles. The highest BCUT2D eigenvalue weighted by molar-refractivity contribution is 5.81. The third-order valence-corrected chi connectivity index (χ3v) is 6.01. The van der Waals surface area contributed by atoms with Crippen LogP contribution in [0.1, 0.15) is 37.8 Å². The fraction of sp³-hybridized carbons (Fsp3) is 0.571. The number of alkyl halides is 2. The van der Waals surface area contributed by atoms with E-state index in [2.05, 4.69) is 15.4 Å². The second-order valence-electron chi connectivity index (χ2n) is 8.18. The summed E-state index contributed by atoms with van der Waals surface area (Å²) in [7, 11) is 0. The summed E-state index contributed by atoms with van der Waals surface area (Å²) in [5.41, 5.74) is 1.12. The summed E-state index contributed by atoms with van der Waals surface area (Å²) in [4.78, 5) is 18.8. The number of ether oxygens (including phenoxy) is 1. The number of fused-ring (bicyclic) bond motifs is 1. The van der Waals surface area contributed by atoms with Gasteiger partial charge in [-0.1, -0.05) is 17.7 Å². The Morgan fingerprint density at radius 1 is 1.30 bits per heavy atom. The second-order valence-corrected chi connectivity index (χ2v) is 8.18. The molecule has 0 spiro atoms. The molecule has 1 N–H and O–H groups in total. The molecule has 0 saturated carbocycles. The number of aryl methyl sites for hydroxylation is 1. The number of anilines is 1. The molecule has 0 radical (unpaired) electrons. The van der Waals surface area contributed by atoms with E-state index in [1.807, 2.05) is 31.2 Å². The van der Waals surface area contributed by atoms with Gasteiger partial charge in [0.25, 0.3) is 12.3 Å². The Labute approximate surface area is 174 Å². The molecule has 9 heteroatoms. The lowest BCUT2D eigenvalue weighted by Gasteiger charge is -2.41. The Bertz CT molecular complexity index is 873. The van der Waals surface area contributed by atoms with Crippen molar-refractivity contribution < 1.29 is 18.3 Å². The van der Waals surface area contributed by atoms with Gasteiger partial charge in [-0.25, -0.2) is 13.5 Å². The minimum absolute atomic E-state index is 0.0703. The molecule has 4 atom stereocenters. The average Bonchev–Trinajstić information content (AvgIpc) is 3.22. The number of hydrogen-bond acceptors (Lipinski definition) is 5. The number of rotatable bonds is 5. The molecule has 1 aromatic heterocycles. The topological polar surface area (TPSA) is 72.3 Å². The van der Waals surface area contributed by atoms with Crippen LogP contribution in [0.15, 0.2) is 30.6 Å². The number of hydrogen-bond donors (Lipinski definition) is 1. The van der Waals surface area contributed by atoms with Gasteiger partial charge in [-0.15, -0.1) is 0 Å². The summed E-state index contributed by atoms with van der Waals surface area (Å²) < 4.78 is 34.2. The van der Waals surface area contributed by atoms with Crippen molar-refractivity contribution in [3.63, 3.8) is 0 Å². The first kappa shape index (κ1) is 20.6. The van der Waals surface area contributed by atoms with Crippen molar-refractivity contribution in [2.45, 2.75) is 57.7 Å². The van der Waals surface area contributed by atoms with Gasteiger partial charge < -0.3 is 15.0 Å². The Kier molecular flexibility index (Phi) is 5.87. The quantitative estimate of drug-likeness (QED) is 0.805. The monoisotopic (exact) mass is 419 g/mol. The van der Waals surface area contributed by atoms with Gasteiger partial charge >= 0.3 is 0 Å². The van der Waals surface area contributed by atoms with Gasteiger partial charge in [-0.05, 0) is 51.2 Å². The van der Waals surface area contributed by atoms with Crippen LogP contribution in [-0.4, -0.2) is 57.2 Å². The fourth-order valence-electron chi connectivity index (χ4n) is 4.37. The molecule has 1 saturated heterocycles. The van der Waals surface area contributed by atoms with Gasteiger partial charge in [0.05, 0.1) is 0 Å². The highest BCUT2D eigenvalue weighted by Gasteiger charge is 2.39. The molecule has 2 unspecified atom stereocenters. The molecular formula is C21H27F2N5O2. The lowest BCUT2D eigenvalue weighted by molar-refractivity contribution is -0.140. The minimum Gasteiger partial charge on any atom is -0.481 e. The predicted octanol–water partition coefficient (Wildman–Crippen LogP) is 3.28. The van der Waals surface area contributed by atoms with Crippen molar-refractivity contribution >= 4 is 11.9 Å². The Balaban J connectivity index is 1.40. The number of carbonyl (C=O) groups excluding carboxylic acids is 1. The lowest BCUT2D eigenvalue weighted by atomic mass is 9.86. The van der Waals surface area contributed by atoms with Crippen LogP contribution in [0.25, 0.3) is 0 Å². The van der Waals surface area contributed by atoms with Gasteiger partial charge in [-0.2, -0.15) is 10.1 Å². The number of benzene rings is 1. The third-order valence-electron chi connectivity index (χ3n) is 6.01. The van der Waals surface area contributed by atoms with E-state index >= 15 is 0 Å². The van der Waals surface area contributed by atoms with Crippen molar-refractivity contribution in [1.29, 1.82) is 0 Å². The number of nitrogens with one attached hydrogen (secondary N) is 1. The molecule has 0 bridgehead atoms. The van der Waals surface area contributed by atoms with Crippen molar-refractivity contribution in [2.75, 3.05) is 18.4 Å². The Morgan fingerprint density at radius 3 is 2.80 bits per heavy atom. The molecule has 2 aliphatic heterocycles. The van der Waals surface area contributed by atoms with E-state index in [0.717, 1.165) is 18.4 Å². The van der Waals surface area contributed by atoms with Gasteiger partial charge in [0.1, 0.15) is 18.1 Å². The van der Waals surface area contributed by atoms with E-state index in [9.17, 15) is 13.6 Å². The molecule has 2 aromatic rings. The summed E-state index contributed by atoms with van der Waals surface area (Å²) >= 11 is 0. The Morgan fingerprint density at radius 2 is 2.07 bits per heavy atom. The maximum absolute atomic E-state index is 13.6. The van der Waals surface area contributed by atoms with Gasteiger partial charge in [-0.3, -0.25) is 4.79 Å². The first-order valence-corrected chi connectivity index (χ1v) is 10.4. The largest absolute Gasteiger partial charge is 0.481 e. The second kappa shape index (κ2) is 8.57. The van der Waals surface area contributed by atoms with Crippen LogP contribution < -0.4 is 10.1 Å². The number of likely N-dealkylation sites (tertiary alicyclic amines) is 1. The first-order valence-electron chi connectivity index (χ1n) is 10.4. The van der Waals surface area contributed by atoms with Gasteiger partial charge in [0.15, 0.2) is 6.10 Å². The fourth-order valence-corrected chi connectivity index (χ4v) is 4.37. The zero-order valence-corrected chi connectivity index (χ0v) is 17.2. The molecular weight excluding hydrogens is 392 g/mol. The van der Waals surface area contributed by atoms with Gasteiger partial charge in [0.2, 0.25) is 5.95 Å². The van der Waals surface area contributed by atoms with E-state index < -0.39 is 18.6 Å². The minimum atomic E-state index is -2.51. The number of aromatic nitrogens is 3. The molecule has 1 fully saturated rings. The van der Waals surface area contributed by atoms with Crippen LogP contribution in [0.3, 0.4) is 0 Å². The van der Waals surface area contributed by atoms with Crippen molar-refractivity contribution in [2.24, 2.45) is 5.92 Å². The summed E-state index contributed by atoms with van der Waals surface area (Å²) in [5, 5.41) is 7.18. The molecule has 4 rings (SSSR count). The zero-order chi connectivity index (χ0) is 21.3. The van der Waals surface area contributed by atoms with Crippen LogP contribution in [0.5, 0.6) is 5.75 Å². The van der Waals surface area contributed by atoms with E-state index in [1.165, 1.54) is 11.0 Å². The Hall–Kier alpha value is -2.71. The maximum Gasteiger partial charge on any atom is 0.263 e. The molecule has 3 heterocycles. The van der Waals surface area contributed by atoms with Gasteiger partial charge in [0, 0.05) is 19.1 Å². The number of piperidine rings is 1.